The summed E-state index contributed by atoms with van der Waals surface area (Å²) in [5.74, 6) is -1.29. The van der Waals surface area contributed by atoms with Gasteiger partial charge in [-0.15, -0.1) is 0 Å². The SMILES string of the molecule is Cc1cccc(C(=O)NC(C(N)=O)C(C)C)c1O. The lowest BCUT2D eigenvalue weighted by atomic mass is 10.0. The zero-order valence-corrected chi connectivity index (χ0v) is 10.7. The second-order valence-corrected chi connectivity index (χ2v) is 4.57. The number of phenols is 1. The molecule has 98 valence electrons. The molecule has 0 radical (unpaired) electrons. The molecule has 1 rings (SSSR count). The summed E-state index contributed by atoms with van der Waals surface area (Å²) in [6, 6.07) is 4.10. The van der Waals surface area contributed by atoms with Gasteiger partial charge in [0.05, 0.1) is 5.56 Å². The van der Waals surface area contributed by atoms with Gasteiger partial charge in [-0.3, -0.25) is 9.59 Å². The number of aryl methyl sites for hydroxylation is 1. The Hall–Kier alpha value is -2.04. The Labute approximate surface area is 106 Å². The van der Waals surface area contributed by atoms with Crippen LogP contribution in [0.25, 0.3) is 0 Å². The van der Waals surface area contributed by atoms with Gasteiger partial charge in [-0.1, -0.05) is 26.0 Å². The van der Waals surface area contributed by atoms with Gasteiger partial charge in [0.1, 0.15) is 11.8 Å². The molecule has 5 nitrogen and oxygen atoms in total. The van der Waals surface area contributed by atoms with Crippen molar-refractivity contribution in [1.82, 2.24) is 5.32 Å². The van der Waals surface area contributed by atoms with Gasteiger partial charge < -0.3 is 16.2 Å². The first-order valence-corrected chi connectivity index (χ1v) is 5.73. The minimum atomic E-state index is -0.752. The fourth-order valence-electron chi connectivity index (χ4n) is 1.63. The highest BCUT2D eigenvalue weighted by Crippen LogP contribution is 2.21. The van der Waals surface area contributed by atoms with Gasteiger partial charge in [-0.2, -0.15) is 0 Å². The molecular weight excluding hydrogens is 232 g/mol. The molecule has 1 aromatic carbocycles. The van der Waals surface area contributed by atoms with Crippen LogP contribution in [0.2, 0.25) is 0 Å². The number of primary amides is 1. The van der Waals surface area contributed by atoms with Crippen LogP contribution < -0.4 is 11.1 Å². The zero-order chi connectivity index (χ0) is 13.9. The minimum Gasteiger partial charge on any atom is -0.507 e. The standard InChI is InChI=1S/C13H18N2O3/c1-7(2)10(12(14)17)15-13(18)9-6-4-5-8(3)11(9)16/h4-7,10,16H,1-3H3,(H2,14,17)(H,15,18). The van der Waals surface area contributed by atoms with Crippen molar-refractivity contribution in [3.8, 4) is 5.75 Å². The van der Waals surface area contributed by atoms with Crippen LogP contribution in [-0.4, -0.2) is 23.0 Å². The Morgan fingerprint density at radius 2 is 1.94 bits per heavy atom. The largest absolute Gasteiger partial charge is 0.507 e. The summed E-state index contributed by atoms with van der Waals surface area (Å²) in [6.45, 7) is 5.26. The van der Waals surface area contributed by atoms with Crippen molar-refractivity contribution in [3.63, 3.8) is 0 Å². The fourth-order valence-corrected chi connectivity index (χ4v) is 1.63. The van der Waals surface area contributed by atoms with Gasteiger partial charge in [-0.05, 0) is 24.5 Å². The highest BCUT2D eigenvalue weighted by Gasteiger charge is 2.23. The molecule has 0 spiro atoms. The van der Waals surface area contributed by atoms with Gasteiger partial charge in [0.25, 0.3) is 5.91 Å². The quantitative estimate of drug-likeness (QED) is 0.742. The van der Waals surface area contributed by atoms with Gasteiger partial charge >= 0.3 is 0 Å². The number of carbonyl (C=O) groups is 2. The molecule has 0 aliphatic rings. The van der Waals surface area contributed by atoms with Crippen LogP contribution >= 0.6 is 0 Å². The Bertz CT molecular complexity index is 469. The van der Waals surface area contributed by atoms with E-state index in [1.165, 1.54) is 6.07 Å². The predicted octanol–water partition coefficient (Wildman–Crippen LogP) is 0.940. The summed E-state index contributed by atoms with van der Waals surface area (Å²) in [6.07, 6.45) is 0. The predicted molar refractivity (Wildman–Crippen MR) is 68.1 cm³/mol. The number of hydrogen-bond donors (Lipinski definition) is 3. The Balaban J connectivity index is 2.94. The molecule has 18 heavy (non-hydrogen) atoms. The number of hydrogen-bond acceptors (Lipinski definition) is 3. The van der Waals surface area contributed by atoms with Crippen molar-refractivity contribution in [2.75, 3.05) is 0 Å². The van der Waals surface area contributed by atoms with Crippen molar-refractivity contribution in [3.05, 3.63) is 29.3 Å². The number of rotatable bonds is 4. The van der Waals surface area contributed by atoms with Crippen LogP contribution in [0, 0.1) is 12.8 Å². The van der Waals surface area contributed by atoms with Crippen LogP contribution in [-0.2, 0) is 4.79 Å². The third kappa shape index (κ3) is 3.00. The highest BCUT2D eigenvalue weighted by molar-refractivity contribution is 5.99. The molecule has 0 saturated heterocycles. The summed E-state index contributed by atoms with van der Waals surface area (Å²) >= 11 is 0. The molecule has 1 aromatic rings. The first kappa shape index (κ1) is 14.0. The van der Waals surface area contributed by atoms with E-state index in [0.717, 1.165) is 0 Å². The topological polar surface area (TPSA) is 92.4 Å². The van der Waals surface area contributed by atoms with E-state index >= 15 is 0 Å². The molecular formula is C13H18N2O3. The number of nitrogens with one attached hydrogen (secondary N) is 1. The van der Waals surface area contributed by atoms with Crippen molar-refractivity contribution >= 4 is 11.8 Å². The molecule has 4 N–H and O–H groups in total. The molecule has 0 aromatic heterocycles. The number of para-hydroxylation sites is 1. The molecule has 0 bridgehead atoms. The van der Waals surface area contributed by atoms with Crippen molar-refractivity contribution < 1.29 is 14.7 Å². The highest BCUT2D eigenvalue weighted by atomic mass is 16.3. The van der Waals surface area contributed by atoms with E-state index in [-0.39, 0.29) is 17.2 Å². The second-order valence-electron chi connectivity index (χ2n) is 4.57. The van der Waals surface area contributed by atoms with E-state index < -0.39 is 17.9 Å². The molecule has 1 unspecified atom stereocenters. The summed E-state index contributed by atoms with van der Waals surface area (Å²) in [7, 11) is 0. The molecule has 0 heterocycles. The molecule has 0 aliphatic heterocycles. The van der Waals surface area contributed by atoms with Crippen LogP contribution in [0.3, 0.4) is 0 Å². The lowest BCUT2D eigenvalue weighted by Crippen LogP contribution is -2.47. The maximum absolute atomic E-state index is 12.0. The van der Waals surface area contributed by atoms with Gasteiger partial charge in [0, 0.05) is 0 Å². The third-order valence-corrected chi connectivity index (χ3v) is 2.74. The summed E-state index contributed by atoms with van der Waals surface area (Å²) in [5, 5.41) is 12.3. The van der Waals surface area contributed by atoms with E-state index in [0.29, 0.717) is 5.56 Å². The molecule has 2 amide bonds. The number of aromatic hydroxyl groups is 1. The van der Waals surface area contributed by atoms with Crippen LogP contribution in [0.5, 0.6) is 5.75 Å². The maximum atomic E-state index is 12.0. The van der Waals surface area contributed by atoms with Crippen LogP contribution in [0.1, 0.15) is 29.8 Å². The molecule has 5 heteroatoms. The van der Waals surface area contributed by atoms with Crippen molar-refractivity contribution in [2.24, 2.45) is 11.7 Å². The van der Waals surface area contributed by atoms with E-state index in [9.17, 15) is 14.7 Å². The van der Waals surface area contributed by atoms with Gasteiger partial charge in [0.15, 0.2) is 0 Å². The van der Waals surface area contributed by atoms with Gasteiger partial charge in [-0.25, -0.2) is 0 Å². The normalized spacial score (nSPS) is 12.2. The van der Waals surface area contributed by atoms with E-state index in [1.54, 1.807) is 32.9 Å². The summed E-state index contributed by atoms with van der Waals surface area (Å²) < 4.78 is 0. The Morgan fingerprint density at radius 1 is 1.33 bits per heavy atom. The minimum absolute atomic E-state index is 0.0815. The number of carbonyl (C=O) groups excluding carboxylic acids is 2. The van der Waals surface area contributed by atoms with Crippen molar-refractivity contribution in [2.45, 2.75) is 26.8 Å². The van der Waals surface area contributed by atoms with Crippen LogP contribution in [0.15, 0.2) is 18.2 Å². The molecule has 0 saturated carbocycles. The fraction of sp³-hybridized carbons (Fsp3) is 0.385. The summed E-state index contributed by atoms with van der Waals surface area (Å²) in [5.41, 5.74) is 5.96. The smallest absolute Gasteiger partial charge is 0.255 e. The first-order valence-electron chi connectivity index (χ1n) is 5.73. The van der Waals surface area contributed by atoms with Crippen molar-refractivity contribution in [1.29, 1.82) is 0 Å². The lowest BCUT2D eigenvalue weighted by molar-refractivity contribution is -0.120. The van der Waals surface area contributed by atoms with E-state index in [4.69, 9.17) is 5.73 Å². The summed E-state index contributed by atoms with van der Waals surface area (Å²) in [4.78, 5) is 23.2. The Morgan fingerprint density at radius 3 is 2.44 bits per heavy atom. The average Bonchev–Trinajstić information content (AvgIpc) is 2.28. The first-order chi connectivity index (χ1) is 8.34. The van der Waals surface area contributed by atoms with Gasteiger partial charge in [0.2, 0.25) is 5.91 Å². The number of nitrogens with two attached hydrogens (primary N) is 1. The second kappa shape index (κ2) is 5.53. The maximum Gasteiger partial charge on any atom is 0.255 e. The number of benzene rings is 1. The number of phenolic OH excluding ortho intramolecular Hbond substituents is 1. The lowest BCUT2D eigenvalue weighted by Gasteiger charge is -2.19. The Kier molecular flexibility index (Phi) is 4.31. The van der Waals surface area contributed by atoms with E-state index in [1.807, 2.05) is 0 Å². The molecule has 0 fully saturated rings. The third-order valence-electron chi connectivity index (χ3n) is 2.74. The zero-order valence-electron chi connectivity index (χ0n) is 10.7. The van der Waals surface area contributed by atoms with Crippen LogP contribution in [0.4, 0.5) is 0 Å². The monoisotopic (exact) mass is 250 g/mol. The number of amides is 2. The molecule has 0 aliphatic carbocycles. The van der Waals surface area contributed by atoms with E-state index in [2.05, 4.69) is 5.32 Å². The molecule has 1 atom stereocenters. The average molecular weight is 250 g/mol.